The molecule has 0 aliphatic carbocycles. The fraction of sp³-hybridized carbons (Fsp3) is 0.222. The molecule has 0 atom stereocenters. The molecule has 4 heteroatoms. The van der Waals surface area contributed by atoms with E-state index in [9.17, 15) is 9.18 Å². The summed E-state index contributed by atoms with van der Waals surface area (Å²) in [6.45, 7) is 0.335. The molecule has 1 heterocycles. The monoisotopic (exact) mass is 244 g/mol. The molecule has 0 saturated carbocycles. The Morgan fingerprint density at radius 3 is 3.00 bits per heavy atom. The van der Waals surface area contributed by atoms with Gasteiger partial charge in [0.2, 0.25) is 0 Å². The van der Waals surface area contributed by atoms with Gasteiger partial charge in [-0.3, -0.25) is 0 Å². The molecule has 0 aromatic heterocycles. The molecule has 0 bridgehead atoms. The fourth-order valence-corrected chi connectivity index (χ4v) is 2.01. The average molecular weight is 245 g/mol. The van der Waals surface area contributed by atoms with Crippen LogP contribution >= 0.6 is 15.9 Å². The summed E-state index contributed by atoms with van der Waals surface area (Å²) in [5.41, 5.74) is 1.16. The summed E-state index contributed by atoms with van der Waals surface area (Å²) in [5.74, 6) is -0.714. The van der Waals surface area contributed by atoms with Gasteiger partial charge in [-0.05, 0) is 33.6 Å². The molecule has 1 aromatic carbocycles. The number of carbonyl (C=O) groups is 1. The van der Waals surface area contributed by atoms with Crippen molar-refractivity contribution in [1.82, 2.24) is 0 Å². The average Bonchev–Trinajstić information content (AvgIpc) is 2.02. The Labute approximate surface area is 82.8 Å². The van der Waals surface area contributed by atoms with Crippen molar-refractivity contribution in [2.24, 2.45) is 0 Å². The summed E-state index contributed by atoms with van der Waals surface area (Å²) in [4.78, 5) is 11.2. The molecular weight excluding hydrogens is 239 g/mol. The van der Waals surface area contributed by atoms with Crippen LogP contribution in [0.2, 0.25) is 0 Å². The van der Waals surface area contributed by atoms with Crippen LogP contribution in [0.25, 0.3) is 0 Å². The highest BCUT2D eigenvalue weighted by molar-refractivity contribution is 9.10. The van der Waals surface area contributed by atoms with Crippen molar-refractivity contribution in [1.29, 1.82) is 0 Å². The van der Waals surface area contributed by atoms with Gasteiger partial charge in [-0.1, -0.05) is 0 Å². The number of benzene rings is 1. The molecule has 68 valence electrons. The van der Waals surface area contributed by atoms with Crippen molar-refractivity contribution in [2.75, 3.05) is 6.61 Å². The first-order valence-electron chi connectivity index (χ1n) is 3.83. The summed E-state index contributed by atoms with van der Waals surface area (Å²) >= 11 is 3.13. The SMILES string of the molecule is O=C1OCCc2cc(F)cc(Br)c21. The molecule has 0 saturated heterocycles. The van der Waals surface area contributed by atoms with Gasteiger partial charge in [-0.25, -0.2) is 9.18 Å². The summed E-state index contributed by atoms with van der Waals surface area (Å²) in [6, 6.07) is 2.64. The minimum Gasteiger partial charge on any atom is -0.462 e. The highest BCUT2D eigenvalue weighted by atomic mass is 79.9. The first-order valence-corrected chi connectivity index (χ1v) is 4.63. The van der Waals surface area contributed by atoms with Gasteiger partial charge in [0.15, 0.2) is 0 Å². The highest BCUT2D eigenvalue weighted by Crippen LogP contribution is 2.26. The van der Waals surface area contributed by atoms with Crippen LogP contribution in [-0.4, -0.2) is 12.6 Å². The fourth-order valence-electron chi connectivity index (χ4n) is 1.38. The molecule has 2 rings (SSSR count). The van der Waals surface area contributed by atoms with E-state index in [1.165, 1.54) is 12.1 Å². The molecule has 0 amide bonds. The molecule has 0 spiro atoms. The molecular formula is C9H6BrFO2. The smallest absolute Gasteiger partial charge is 0.339 e. The summed E-state index contributed by atoms with van der Waals surface area (Å²) in [5, 5.41) is 0. The Balaban J connectivity index is 2.63. The van der Waals surface area contributed by atoms with Crippen molar-refractivity contribution in [2.45, 2.75) is 6.42 Å². The lowest BCUT2D eigenvalue weighted by Gasteiger charge is -2.16. The van der Waals surface area contributed by atoms with Gasteiger partial charge in [0.1, 0.15) is 5.82 Å². The zero-order chi connectivity index (χ0) is 9.42. The second kappa shape index (κ2) is 3.10. The van der Waals surface area contributed by atoms with Crippen molar-refractivity contribution in [3.63, 3.8) is 0 Å². The molecule has 0 radical (unpaired) electrons. The van der Waals surface area contributed by atoms with Gasteiger partial charge in [-0.2, -0.15) is 0 Å². The maximum atomic E-state index is 12.9. The van der Waals surface area contributed by atoms with E-state index in [1.807, 2.05) is 0 Å². The lowest BCUT2D eigenvalue weighted by molar-refractivity contribution is 0.0478. The van der Waals surface area contributed by atoms with Gasteiger partial charge < -0.3 is 4.74 Å². The Morgan fingerprint density at radius 2 is 2.23 bits per heavy atom. The Morgan fingerprint density at radius 1 is 1.46 bits per heavy atom. The van der Waals surface area contributed by atoms with E-state index in [0.717, 1.165) is 0 Å². The highest BCUT2D eigenvalue weighted by Gasteiger charge is 2.22. The van der Waals surface area contributed by atoms with Gasteiger partial charge in [-0.15, -0.1) is 0 Å². The third-order valence-corrected chi connectivity index (χ3v) is 2.57. The lowest BCUT2D eigenvalue weighted by atomic mass is 10.0. The van der Waals surface area contributed by atoms with Crippen LogP contribution in [0.15, 0.2) is 16.6 Å². The molecule has 0 N–H and O–H groups in total. The lowest BCUT2D eigenvalue weighted by Crippen LogP contribution is -2.18. The predicted molar refractivity (Wildman–Crippen MR) is 48.1 cm³/mol. The minimum atomic E-state index is -0.381. The number of halogens is 2. The standard InChI is InChI=1S/C9H6BrFO2/c10-7-4-6(11)3-5-1-2-13-9(12)8(5)7/h3-4H,1-2H2. The minimum absolute atomic E-state index is 0.333. The zero-order valence-electron chi connectivity index (χ0n) is 6.64. The van der Waals surface area contributed by atoms with E-state index in [2.05, 4.69) is 15.9 Å². The van der Waals surface area contributed by atoms with Crippen LogP contribution in [-0.2, 0) is 11.2 Å². The zero-order valence-corrected chi connectivity index (χ0v) is 8.23. The molecule has 0 unspecified atom stereocenters. The van der Waals surface area contributed by atoms with Crippen molar-refractivity contribution in [3.05, 3.63) is 33.5 Å². The van der Waals surface area contributed by atoms with Crippen molar-refractivity contribution in [3.8, 4) is 0 Å². The Kier molecular flexibility index (Phi) is 2.07. The largest absolute Gasteiger partial charge is 0.462 e. The van der Waals surface area contributed by atoms with Crippen LogP contribution in [0.5, 0.6) is 0 Å². The number of rotatable bonds is 0. The maximum absolute atomic E-state index is 12.9. The van der Waals surface area contributed by atoms with Crippen molar-refractivity contribution >= 4 is 21.9 Å². The molecule has 1 aromatic rings. The van der Waals surface area contributed by atoms with Gasteiger partial charge >= 0.3 is 5.97 Å². The summed E-state index contributed by atoms with van der Waals surface area (Å²) in [6.07, 6.45) is 0.581. The maximum Gasteiger partial charge on any atom is 0.339 e. The van der Waals surface area contributed by atoms with Gasteiger partial charge in [0.25, 0.3) is 0 Å². The number of ether oxygens (including phenoxy) is 1. The molecule has 2 nitrogen and oxygen atoms in total. The number of carbonyl (C=O) groups excluding carboxylic acids is 1. The molecule has 13 heavy (non-hydrogen) atoms. The molecule has 0 fully saturated rings. The van der Waals surface area contributed by atoms with E-state index in [1.54, 1.807) is 0 Å². The Bertz CT molecular complexity index is 376. The quantitative estimate of drug-likeness (QED) is 0.655. The number of cyclic esters (lactones) is 1. The second-order valence-corrected chi connectivity index (χ2v) is 3.66. The second-order valence-electron chi connectivity index (χ2n) is 2.81. The van der Waals surface area contributed by atoms with Crippen LogP contribution in [0.4, 0.5) is 4.39 Å². The van der Waals surface area contributed by atoms with Crippen LogP contribution in [0.1, 0.15) is 15.9 Å². The molecule has 1 aliphatic heterocycles. The van der Waals surface area contributed by atoms with Crippen molar-refractivity contribution < 1.29 is 13.9 Å². The molecule has 1 aliphatic rings. The first kappa shape index (κ1) is 8.69. The number of fused-ring (bicyclic) bond motifs is 1. The third-order valence-electron chi connectivity index (χ3n) is 1.95. The van der Waals surface area contributed by atoms with Crippen LogP contribution in [0, 0.1) is 5.82 Å². The van der Waals surface area contributed by atoms with E-state index in [4.69, 9.17) is 4.74 Å². The first-order chi connectivity index (χ1) is 6.18. The van der Waals surface area contributed by atoms with Gasteiger partial charge in [0, 0.05) is 10.9 Å². The number of hydrogen-bond acceptors (Lipinski definition) is 2. The third kappa shape index (κ3) is 1.46. The summed E-state index contributed by atoms with van der Waals surface area (Å²) in [7, 11) is 0. The predicted octanol–water partition coefficient (Wildman–Crippen LogP) is 2.30. The number of esters is 1. The number of hydrogen-bond donors (Lipinski definition) is 0. The van der Waals surface area contributed by atoms with E-state index < -0.39 is 0 Å². The van der Waals surface area contributed by atoms with Crippen LogP contribution < -0.4 is 0 Å². The van der Waals surface area contributed by atoms with E-state index in [-0.39, 0.29) is 11.8 Å². The van der Waals surface area contributed by atoms with E-state index >= 15 is 0 Å². The topological polar surface area (TPSA) is 26.3 Å². The summed E-state index contributed by atoms with van der Waals surface area (Å²) < 4.78 is 18.2. The Hall–Kier alpha value is -0.900. The van der Waals surface area contributed by atoms with Gasteiger partial charge in [0.05, 0.1) is 12.2 Å². The normalized spacial score (nSPS) is 15.1. The van der Waals surface area contributed by atoms with Crippen LogP contribution in [0.3, 0.4) is 0 Å². The van der Waals surface area contributed by atoms with E-state index in [0.29, 0.717) is 28.6 Å².